The van der Waals surface area contributed by atoms with Crippen LogP contribution in [0.4, 0.5) is 0 Å². The molecule has 2 rings (SSSR count). The third kappa shape index (κ3) is 4.84. The molecule has 1 aliphatic rings. The molecule has 0 radical (unpaired) electrons. The van der Waals surface area contributed by atoms with E-state index in [1.807, 2.05) is 30.3 Å². The number of benzene rings is 1. The summed E-state index contributed by atoms with van der Waals surface area (Å²) in [5.74, 6) is -1.24. The van der Waals surface area contributed by atoms with Crippen molar-refractivity contribution in [2.45, 2.75) is 12.5 Å². The molecule has 1 fully saturated rings. The SMILES string of the molecule is O=C(O)[C@@H]1CN(C(=O)COCCc2ccccc2)CCO1. The van der Waals surface area contributed by atoms with Gasteiger partial charge < -0.3 is 19.5 Å². The van der Waals surface area contributed by atoms with Crippen LogP contribution in [0.5, 0.6) is 0 Å². The van der Waals surface area contributed by atoms with Crippen LogP contribution in [0.15, 0.2) is 30.3 Å². The van der Waals surface area contributed by atoms with Gasteiger partial charge in [0.25, 0.3) is 0 Å². The van der Waals surface area contributed by atoms with Gasteiger partial charge in [-0.05, 0) is 12.0 Å². The van der Waals surface area contributed by atoms with Gasteiger partial charge in [-0.15, -0.1) is 0 Å². The molecule has 6 heteroatoms. The second kappa shape index (κ2) is 7.75. The van der Waals surface area contributed by atoms with Crippen LogP contribution in [0.1, 0.15) is 5.56 Å². The summed E-state index contributed by atoms with van der Waals surface area (Å²) >= 11 is 0. The number of carboxylic acids is 1. The van der Waals surface area contributed by atoms with Gasteiger partial charge in [0, 0.05) is 6.54 Å². The minimum atomic E-state index is -1.04. The standard InChI is InChI=1S/C15H19NO5/c17-14(16-7-9-21-13(10-16)15(18)19)11-20-8-6-12-4-2-1-3-5-12/h1-5,13H,6-11H2,(H,18,19)/t13-/m0/s1. The molecule has 1 amide bonds. The van der Waals surface area contributed by atoms with Gasteiger partial charge in [-0.3, -0.25) is 4.79 Å². The smallest absolute Gasteiger partial charge is 0.334 e. The van der Waals surface area contributed by atoms with E-state index in [1.165, 1.54) is 4.90 Å². The Kier molecular flexibility index (Phi) is 5.71. The quantitative estimate of drug-likeness (QED) is 0.776. The van der Waals surface area contributed by atoms with Crippen LogP contribution in [0.3, 0.4) is 0 Å². The fourth-order valence-corrected chi connectivity index (χ4v) is 2.11. The number of carbonyl (C=O) groups excluding carboxylic acids is 1. The van der Waals surface area contributed by atoms with Crippen molar-refractivity contribution in [3.63, 3.8) is 0 Å². The van der Waals surface area contributed by atoms with Crippen molar-refractivity contribution in [2.24, 2.45) is 0 Å². The first-order valence-electron chi connectivity index (χ1n) is 6.90. The van der Waals surface area contributed by atoms with E-state index < -0.39 is 12.1 Å². The number of hydrogen-bond acceptors (Lipinski definition) is 4. The first-order chi connectivity index (χ1) is 10.2. The van der Waals surface area contributed by atoms with E-state index in [1.54, 1.807) is 0 Å². The molecule has 1 N–H and O–H groups in total. The van der Waals surface area contributed by atoms with Crippen LogP contribution in [0.2, 0.25) is 0 Å². The number of carboxylic acid groups (broad SMARTS) is 1. The molecule has 1 aromatic carbocycles. The molecule has 0 spiro atoms. The summed E-state index contributed by atoms with van der Waals surface area (Å²) < 4.78 is 10.4. The molecule has 1 saturated heterocycles. The fraction of sp³-hybridized carbons (Fsp3) is 0.467. The highest BCUT2D eigenvalue weighted by atomic mass is 16.5. The molecule has 21 heavy (non-hydrogen) atoms. The van der Waals surface area contributed by atoms with Crippen LogP contribution < -0.4 is 0 Å². The minimum Gasteiger partial charge on any atom is -0.479 e. The molecule has 1 aromatic rings. The van der Waals surface area contributed by atoms with Gasteiger partial charge in [0.1, 0.15) is 6.61 Å². The third-order valence-corrected chi connectivity index (χ3v) is 3.30. The van der Waals surface area contributed by atoms with E-state index in [2.05, 4.69) is 0 Å². The van der Waals surface area contributed by atoms with Gasteiger partial charge in [-0.1, -0.05) is 30.3 Å². The van der Waals surface area contributed by atoms with E-state index >= 15 is 0 Å². The molecule has 1 aliphatic heterocycles. The van der Waals surface area contributed by atoms with Gasteiger partial charge in [0.05, 0.1) is 19.8 Å². The van der Waals surface area contributed by atoms with Crippen molar-refractivity contribution in [1.82, 2.24) is 4.90 Å². The number of nitrogens with zero attached hydrogens (tertiary/aromatic N) is 1. The lowest BCUT2D eigenvalue weighted by Crippen LogP contribution is -2.49. The Hall–Kier alpha value is -1.92. The van der Waals surface area contributed by atoms with E-state index in [9.17, 15) is 9.59 Å². The van der Waals surface area contributed by atoms with Crippen LogP contribution in [0.25, 0.3) is 0 Å². The topological polar surface area (TPSA) is 76.1 Å². The number of carbonyl (C=O) groups is 2. The Morgan fingerprint density at radius 1 is 1.33 bits per heavy atom. The normalized spacial score (nSPS) is 18.5. The van der Waals surface area contributed by atoms with Crippen molar-refractivity contribution >= 4 is 11.9 Å². The zero-order valence-electron chi connectivity index (χ0n) is 11.7. The number of aliphatic carboxylic acids is 1. The summed E-state index contributed by atoms with van der Waals surface area (Å²) in [6.45, 7) is 1.16. The minimum absolute atomic E-state index is 0.0286. The monoisotopic (exact) mass is 293 g/mol. The average molecular weight is 293 g/mol. The number of morpholine rings is 1. The lowest BCUT2D eigenvalue weighted by molar-refractivity contribution is -0.160. The second-order valence-electron chi connectivity index (χ2n) is 4.83. The molecule has 0 bridgehead atoms. The molecule has 1 atom stereocenters. The molecule has 0 unspecified atom stereocenters. The number of ether oxygens (including phenoxy) is 2. The zero-order valence-corrected chi connectivity index (χ0v) is 11.7. The van der Waals surface area contributed by atoms with Gasteiger partial charge in [0.15, 0.2) is 6.10 Å². The number of amides is 1. The molecule has 114 valence electrons. The van der Waals surface area contributed by atoms with Gasteiger partial charge in [-0.25, -0.2) is 4.79 Å². The molecule has 0 saturated carbocycles. The lowest BCUT2D eigenvalue weighted by Gasteiger charge is -2.30. The van der Waals surface area contributed by atoms with Gasteiger partial charge in [0.2, 0.25) is 5.91 Å². The van der Waals surface area contributed by atoms with Crippen molar-refractivity contribution in [3.8, 4) is 0 Å². The molecule has 6 nitrogen and oxygen atoms in total. The number of rotatable bonds is 6. The van der Waals surface area contributed by atoms with E-state index in [-0.39, 0.29) is 25.7 Å². The Labute approximate surface area is 123 Å². The maximum Gasteiger partial charge on any atom is 0.334 e. The van der Waals surface area contributed by atoms with E-state index in [0.29, 0.717) is 13.2 Å². The predicted octanol–water partition coefficient (Wildman–Crippen LogP) is 0.558. The predicted molar refractivity (Wildman–Crippen MR) is 74.9 cm³/mol. The molecule has 1 heterocycles. The van der Waals surface area contributed by atoms with Crippen molar-refractivity contribution < 1.29 is 24.2 Å². The zero-order chi connectivity index (χ0) is 15.1. The van der Waals surface area contributed by atoms with Crippen LogP contribution >= 0.6 is 0 Å². The summed E-state index contributed by atoms with van der Waals surface area (Å²) in [5.41, 5.74) is 1.15. The number of hydrogen-bond donors (Lipinski definition) is 1. The lowest BCUT2D eigenvalue weighted by atomic mass is 10.2. The molecule has 0 aromatic heterocycles. The van der Waals surface area contributed by atoms with Gasteiger partial charge >= 0.3 is 5.97 Å². The van der Waals surface area contributed by atoms with E-state index in [0.717, 1.165) is 12.0 Å². The Morgan fingerprint density at radius 2 is 2.10 bits per heavy atom. The van der Waals surface area contributed by atoms with Crippen LogP contribution in [-0.2, 0) is 25.5 Å². The van der Waals surface area contributed by atoms with Crippen LogP contribution in [0, 0.1) is 0 Å². The maximum absolute atomic E-state index is 11.9. The molecular formula is C15H19NO5. The Morgan fingerprint density at radius 3 is 2.81 bits per heavy atom. The highest BCUT2D eigenvalue weighted by molar-refractivity contribution is 5.79. The van der Waals surface area contributed by atoms with E-state index in [4.69, 9.17) is 14.6 Å². The van der Waals surface area contributed by atoms with Crippen molar-refractivity contribution in [2.75, 3.05) is 32.9 Å². The Balaban J connectivity index is 1.68. The largest absolute Gasteiger partial charge is 0.479 e. The summed E-state index contributed by atoms with van der Waals surface area (Å²) in [6.07, 6.45) is -0.193. The summed E-state index contributed by atoms with van der Waals surface area (Å²) in [5, 5.41) is 8.88. The summed E-state index contributed by atoms with van der Waals surface area (Å²) in [4.78, 5) is 24.3. The van der Waals surface area contributed by atoms with Crippen molar-refractivity contribution in [1.29, 1.82) is 0 Å². The highest BCUT2D eigenvalue weighted by Crippen LogP contribution is 2.06. The second-order valence-corrected chi connectivity index (χ2v) is 4.83. The molecule has 0 aliphatic carbocycles. The van der Waals surface area contributed by atoms with Crippen molar-refractivity contribution in [3.05, 3.63) is 35.9 Å². The summed E-state index contributed by atoms with van der Waals surface area (Å²) in [6, 6.07) is 9.88. The Bertz CT molecular complexity index is 476. The average Bonchev–Trinajstić information content (AvgIpc) is 2.52. The molecular weight excluding hydrogens is 274 g/mol. The van der Waals surface area contributed by atoms with Crippen LogP contribution in [-0.4, -0.2) is 60.9 Å². The highest BCUT2D eigenvalue weighted by Gasteiger charge is 2.28. The maximum atomic E-state index is 11.9. The first-order valence-corrected chi connectivity index (χ1v) is 6.90. The fourth-order valence-electron chi connectivity index (χ4n) is 2.11. The van der Waals surface area contributed by atoms with Gasteiger partial charge in [-0.2, -0.15) is 0 Å². The first kappa shape index (κ1) is 15.5. The summed E-state index contributed by atoms with van der Waals surface area (Å²) in [7, 11) is 0. The third-order valence-electron chi connectivity index (χ3n) is 3.30.